The van der Waals surface area contributed by atoms with Gasteiger partial charge in [-0.1, -0.05) is 41.0 Å². The molecule has 198 valence electrons. The predicted molar refractivity (Wildman–Crippen MR) is 139 cm³/mol. The van der Waals surface area contributed by atoms with E-state index in [1.54, 1.807) is 42.5 Å². The average Bonchev–Trinajstić information content (AvgIpc) is 3.40. The summed E-state index contributed by atoms with van der Waals surface area (Å²) in [5, 5.41) is 17.3. The lowest BCUT2D eigenvalue weighted by molar-refractivity contribution is -0.121. The average molecular weight is 550 g/mol. The van der Waals surface area contributed by atoms with E-state index in [2.05, 4.69) is 20.4 Å². The topological polar surface area (TPSA) is 132 Å². The van der Waals surface area contributed by atoms with Crippen LogP contribution in [-0.2, 0) is 11.3 Å². The fourth-order valence-electron chi connectivity index (χ4n) is 4.19. The highest BCUT2D eigenvalue weighted by Gasteiger charge is 2.27. The number of methoxy groups -OCH3 is 1. The second kappa shape index (κ2) is 10.9. The molecule has 0 bridgehead atoms. The van der Waals surface area contributed by atoms with Gasteiger partial charge in [0, 0.05) is 18.5 Å². The summed E-state index contributed by atoms with van der Waals surface area (Å²) in [6, 6.07) is 15.9. The fraction of sp³-hybridized carbons (Fsp3) is 0.148. The number of hydrogen-bond donors (Lipinski definition) is 2. The fourth-order valence-corrected chi connectivity index (χ4v) is 4.44. The van der Waals surface area contributed by atoms with Crippen LogP contribution in [0.1, 0.15) is 29.4 Å². The smallest absolute Gasteiger partial charge is 0.265 e. The van der Waals surface area contributed by atoms with Crippen molar-refractivity contribution in [3.05, 3.63) is 105 Å². The van der Waals surface area contributed by atoms with Crippen LogP contribution >= 0.6 is 11.6 Å². The van der Waals surface area contributed by atoms with Gasteiger partial charge in [0.1, 0.15) is 17.2 Å². The molecule has 0 aliphatic rings. The van der Waals surface area contributed by atoms with Crippen molar-refractivity contribution in [2.45, 2.75) is 18.9 Å². The highest BCUT2D eigenvalue weighted by atomic mass is 35.5. The Morgan fingerprint density at radius 1 is 1.15 bits per heavy atom. The number of nitrogens with one attached hydrogen (secondary N) is 1. The van der Waals surface area contributed by atoms with Gasteiger partial charge < -0.3 is 19.7 Å². The third-order valence-electron chi connectivity index (χ3n) is 6.10. The molecule has 2 N–H and O–H groups in total. The molecule has 5 aromatic rings. The first-order chi connectivity index (χ1) is 18.9. The van der Waals surface area contributed by atoms with Crippen LogP contribution in [0.4, 0.5) is 4.39 Å². The molecule has 10 nitrogen and oxygen atoms in total. The highest BCUT2D eigenvalue weighted by Crippen LogP contribution is 2.32. The van der Waals surface area contributed by atoms with Crippen LogP contribution < -0.4 is 15.6 Å². The van der Waals surface area contributed by atoms with Crippen LogP contribution in [0.5, 0.6) is 11.6 Å². The maximum atomic E-state index is 14.2. The number of carbonyl (C=O) groups excluding carboxylic acids is 1. The van der Waals surface area contributed by atoms with Gasteiger partial charge in [0.25, 0.3) is 5.56 Å². The summed E-state index contributed by atoms with van der Waals surface area (Å²) in [5.41, 5.74) is 0.303. The van der Waals surface area contributed by atoms with E-state index in [4.69, 9.17) is 20.9 Å². The Morgan fingerprint density at radius 2 is 1.95 bits per heavy atom. The lowest BCUT2D eigenvalue weighted by Crippen LogP contribution is -2.28. The number of aromatic hydroxyl groups is 1. The van der Waals surface area contributed by atoms with Crippen molar-refractivity contribution in [3.63, 3.8) is 0 Å². The zero-order valence-electron chi connectivity index (χ0n) is 20.5. The summed E-state index contributed by atoms with van der Waals surface area (Å²) in [6.07, 6.45) is 1.32. The number of rotatable bonds is 8. The van der Waals surface area contributed by atoms with Gasteiger partial charge in [0.05, 0.1) is 29.8 Å². The summed E-state index contributed by atoms with van der Waals surface area (Å²) >= 11 is 6.06. The van der Waals surface area contributed by atoms with E-state index >= 15 is 0 Å². The number of aromatic nitrogens is 4. The molecule has 3 aromatic heterocycles. The van der Waals surface area contributed by atoms with Crippen LogP contribution in [-0.4, -0.2) is 37.6 Å². The second-order valence-electron chi connectivity index (χ2n) is 8.50. The Hall–Kier alpha value is -4.77. The van der Waals surface area contributed by atoms with E-state index in [9.17, 15) is 19.1 Å². The van der Waals surface area contributed by atoms with Gasteiger partial charge in [-0.3, -0.25) is 14.0 Å². The number of fused-ring (bicyclic) bond motifs is 1. The van der Waals surface area contributed by atoms with E-state index < -0.39 is 29.1 Å². The quantitative estimate of drug-likeness (QED) is 0.296. The van der Waals surface area contributed by atoms with Crippen molar-refractivity contribution >= 4 is 23.2 Å². The van der Waals surface area contributed by atoms with Crippen LogP contribution in [0.15, 0.2) is 76.2 Å². The zero-order valence-corrected chi connectivity index (χ0v) is 21.2. The minimum absolute atomic E-state index is 0.0141. The SMILES string of the molecule is COc1ccc(C(CC(=O)NCc2nc(-c3c(F)cccc3Cl)no2)c2c(O)nc3ccccn3c2=O)cc1. The van der Waals surface area contributed by atoms with Crippen molar-refractivity contribution in [1.29, 1.82) is 0 Å². The first-order valence-corrected chi connectivity index (χ1v) is 12.1. The maximum absolute atomic E-state index is 14.2. The van der Waals surface area contributed by atoms with Crippen molar-refractivity contribution in [3.8, 4) is 23.0 Å². The minimum atomic E-state index is -0.844. The molecule has 2 aromatic carbocycles. The van der Waals surface area contributed by atoms with E-state index in [0.29, 0.717) is 11.3 Å². The monoisotopic (exact) mass is 549 g/mol. The number of amides is 1. The number of hydrogen-bond acceptors (Lipinski definition) is 8. The second-order valence-corrected chi connectivity index (χ2v) is 8.91. The molecular weight excluding hydrogens is 529 g/mol. The van der Waals surface area contributed by atoms with Gasteiger partial charge in [0.2, 0.25) is 23.5 Å². The summed E-state index contributed by atoms with van der Waals surface area (Å²) in [7, 11) is 1.52. The van der Waals surface area contributed by atoms with Crippen LogP contribution in [0.2, 0.25) is 5.02 Å². The summed E-state index contributed by atoms with van der Waals surface area (Å²) in [4.78, 5) is 34.7. The molecule has 0 aliphatic heterocycles. The number of pyridine rings is 1. The molecule has 1 unspecified atom stereocenters. The van der Waals surface area contributed by atoms with Crippen LogP contribution in [0.25, 0.3) is 17.0 Å². The van der Waals surface area contributed by atoms with Gasteiger partial charge in [-0.05, 0) is 42.0 Å². The largest absolute Gasteiger partial charge is 0.497 e. The lowest BCUT2D eigenvalue weighted by Gasteiger charge is -2.18. The third-order valence-corrected chi connectivity index (χ3v) is 6.41. The summed E-state index contributed by atoms with van der Waals surface area (Å²) < 4.78 is 25.9. The molecule has 0 aliphatic carbocycles. The molecule has 0 spiro atoms. The normalized spacial score (nSPS) is 11.9. The molecular formula is C27H21ClFN5O5. The van der Waals surface area contributed by atoms with E-state index in [-0.39, 0.29) is 46.5 Å². The molecule has 0 saturated carbocycles. The summed E-state index contributed by atoms with van der Waals surface area (Å²) in [5.74, 6) is -1.85. The Bertz CT molecular complexity index is 1700. The highest BCUT2D eigenvalue weighted by molar-refractivity contribution is 6.33. The molecule has 0 radical (unpaired) electrons. The Kier molecular flexibility index (Phi) is 7.24. The van der Waals surface area contributed by atoms with Crippen molar-refractivity contribution in [1.82, 2.24) is 24.8 Å². The number of halogens is 2. The van der Waals surface area contributed by atoms with Crippen LogP contribution in [0.3, 0.4) is 0 Å². The number of ether oxygens (including phenoxy) is 1. The van der Waals surface area contributed by atoms with Gasteiger partial charge in [-0.25, -0.2) is 4.39 Å². The van der Waals surface area contributed by atoms with E-state index in [1.165, 1.54) is 35.9 Å². The maximum Gasteiger partial charge on any atom is 0.265 e. The molecule has 3 heterocycles. The standard InChI is InChI=1S/C27H21ClFN5O5/c1-38-16-10-8-15(9-11-16)17(23-26(36)31-20-7-2-3-12-34(20)27(23)37)13-21(35)30-14-22-32-25(33-39-22)24-18(28)5-4-6-19(24)29/h2-12,17,36H,13-14H2,1H3,(H,30,35). The van der Waals surface area contributed by atoms with Gasteiger partial charge in [0.15, 0.2) is 0 Å². The number of benzene rings is 2. The first-order valence-electron chi connectivity index (χ1n) is 11.7. The molecule has 1 amide bonds. The van der Waals surface area contributed by atoms with Gasteiger partial charge >= 0.3 is 0 Å². The number of nitrogens with zero attached hydrogens (tertiary/aromatic N) is 4. The predicted octanol–water partition coefficient (Wildman–Crippen LogP) is 4.09. The first kappa shape index (κ1) is 25.9. The number of carbonyl (C=O) groups is 1. The molecule has 39 heavy (non-hydrogen) atoms. The molecule has 0 fully saturated rings. The summed E-state index contributed by atoms with van der Waals surface area (Å²) in [6.45, 7) is -0.159. The Labute approximate surface area is 225 Å². The van der Waals surface area contributed by atoms with Crippen molar-refractivity contribution in [2.24, 2.45) is 0 Å². The Morgan fingerprint density at radius 3 is 2.69 bits per heavy atom. The van der Waals surface area contributed by atoms with Gasteiger partial charge in [-0.2, -0.15) is 9.97 Å². The lowest BCUT2D eigenvalue weighted by atomic mass is 9.89. The van der Waals surface area contributed by atoms with Crippen molar-refractivity contribution < 1.29 is 23.6 Å². The van der Waals surface area contributed by atoms with Crippen LogP contribution in [0, 0.1) is 5.82 Å². The van der Waals surface area contributed by atoms with Crippen molar-refractivity contribution in [2.75, 3.05) is 7.11 Å². The molecule has 5 rings (SSSR count). The molecule has 1 atom stereocenters. The third kappa shape index (κ3) is 5.30. The molecule has 12 heteroatoms. The zero-order chi connectivity index (χ0) is 27.5. The Balaban J connectivity index is 1.41. The van der Waals surface area contributed by atoms with Gasteiger partial charge in [-0.15, -0.1) is 0 Å². The van der Waals surface area contributed by atoms with E-state index in [1.807, 2.05) is 0 Å². The molecule has 0 saturated heterocycles. The minimum Gasteiger partial charge on any atom is -0.497 e. The van der Waals surface area contributed by atoms with E-state index in [0.717, 1.165) is 0 Å².